The van der Waals surface area contributed by atoms with Crippen LogP contribution in [-0.2, 0) is 0 Å². The van der Waals surface area contributed by atoms with Crippen molar-refractivity contribution in [2.75, 3.05) is 13.2 Å². The number of rotatable bonds is 6. The van der Waals surface area contributed by atoms with Crippen LogP contribution in [0.1, 0.15) is 60.8 Å². The van der Waals surface area contributed by atoms with E-state index < -0.39 is 0 Å². The first-order valence-corrected chi connectivity index (χ1v) is 6.85. The zero-order valence-electron chi connectivity index (χ0n) is 12.8. The van der Waals surface area contributed by atoms with Crippen LogP contribution in [0.3, 0.4) is 0 Å². The lowest BCUT2D eigenvalue weighted by Crippen LogP contribution is -2.25. The Morgan fingerprint density at radius 3 is 2.00 bits per heavy atom. The molecular weight excluding hydrogens is 210 g/mol. The molecule has 0 amide bonds. The number of hydrogen-bond acceptors (Lipinski definition) is 2. The smallest absolute Gasteiger partial charge is 0.0603 e. The zero-order valence-corrected chi connectivity index (χ0v) is 12.8. The van der Waals surface area contributed by atoms with Gasteiger partial charge in [0.15, 0.2) is 0 Å². The van der Waals surface area contributed by atoms with Crippen molar-refractivity contribution in [2.24, 2.45) is 11.3 Å². The topological polar surface area (TPSA) is 32.3 Å². The summed E-state index contributed by atoms with van der Waals surface area (Å²) in [4.78, 5) is 0. The molecule has 0 fully saturated rings. The lowest BCUT2D eigenvalue weighted by atomic mass is 9.82. The van der Waals surface area contributed by atoms with Gasteiger partial charge >= 0.3 is 0 Å². The molecule has 0 heterocycles. The maximum atomic E-state index is 8.70. The van der Waals surface area contributed by atoms with Crippen LogP contribution in [-0.4, -0.2) is 18.3 Å². The normalized spacial score (nSPS) is 12.4. The second kappa shape index (κ2) is 10.6. The fraction of sp³-hybridized carbons (Fsp3) is 0.867. The highest BCUT2D eigenvalue weighted by Gasteiger charge is 2.19. The summed E-state index contributed by atoms with van der Waals surface area (Å²) >= 11 is 0. The predicted octanol–water partition coefficient (Wildman–Crippen LogP) is 3.96. The molecule has 2 heteroatoms. The number of aliphatic hydroxyl groups excluding tert-OH is 1. The minimum Gasteiger partial charge on any atom is -0.395 e. The summed E-state index contributed by atoms with van der Waals surface area (Å²) in [5, 5.41) is 11.9. The number of aliphatic hydroxyl groups is 1. The molecule has 1 unspecified atom stereocenters. The van der Waals surface area contributed by atoms with E-state index in [2.05, 4.69) is 53.4 Å². The van der Waals surface area contributed by atoms with E-state index in [0.717, 1.165) is 18.5 Å². The van der Waals surface area contributed by atoms with Gasteiger partial charge in [-0.15, -0.1) is 0 Å². The van der Waals surface area contributed by atoms with E-state index >= 15 is 0 Å². The quantitative estimate of drug-likeness (QED) is 0.740. The molecule has 0 bridgehead atoms. The van der Waals surface area contributed by atoms with Crippen molar-refractivity contribution in [3.05, 3.63) is 12.3 Å². The lowest BCUT2D eigenvalue weighted by molar-refractivity contribution is 0.282. The second-order valence-corrected chi connectivity index (χ2v) is 5.75. The van der Waals surface area contributed by atoms with Gasteiger partial charge in [-0.3, -0.25) is 0 Å². The van der Waals surface area contributed by atoms with Crippen molar-refractivity contribution >= 4 is 0 Å². The van der Waals surface area contributed by atoms with Gasteiger partial charge in [-0.25, -0.2) is 0 Å². The van der Waals surface area contributed by atoms with Gasteiger partial charge in [-0.2, -0.15) is 0 Å². The van der Waals surface area contributed by atoms with E-state index in [1.807, 2.05) is 0 Å². The van der Waals surface area contributed by atoms with Crippen LogP contribution in [0.2, 0.25) is 0 Å². The van der Waals surface area contributed by atoms with Gasteiger partial charge in [0.25, 0.3) is 0 Å². The molecule has 0 aromatic heterocycles. The SMILES string of the molecule is C=C(NCCO)C(CC)CC(C)(C)C.CCC. The highest BCUT2D eigenvalue weighted by molar-refractivity contribution is 4.98. The minimum atomic E-state index is 0.172. The average molecular weight is 243 g/mol. The van der Waals surface area contributed by atoms with Crippen molar-refractivity contribution in [3.8, 4) is 0 Å². The van der Waals surface area contributed by atoms with E-state index in [1.165, 1.54) is 6.42 Å². The summed E-state index contributed by atoms with van der Waals surface area (Å²) in [6.07, 6.45) is 3.50. The zero-order chi connectivity index (χ0) is 13.9. The predicted molar refractivity (Wildman–Crippen MR) is 78.0 cm³/mol. The Kier molecular flexibility index (Phi) is 11.8. The Hall–Kier alpha value is -0.500. The molecule has 2 nitrogen and oxygen atoms in total. The number of hydrogen-bond donors (Lipinski definition) is 2. The van der Waals surface area contributed by atoms with E-state index in [9.17, 15) is 0 Å². The van der Waals surface area contributed by atoms with Gasteiger partial charge in [0.2, 0.25) is 0 Å². The van der Waals surface area contributed by atoms with E-state index in [4.69, 9.17) is 5.11 Å². The fourth-order valence-corrected chi connectivity index (χ4v) is 1.61. The summed E-state index contributed by atoms with van der Waals surface area (Å²) in [5.74, 6) is 0.515. The Balaban J connectivity index is 0. The maximum absolute atomic E-state index is 8.70. The molecule has 0 aromatic carbocycles. The van der Waals surface area contributed by atoms with Gasteiger partial charge in [-0.1, -0.05) is 54.5 Å². The van der Waals surface area contributed by atoms with Crippen LogP contribution in [0.15, 0.2) is 12.3 Å². The van der Waals surface area contributed by atoms with Gasteiger partial charge in [0.1, 0.15) is 0 Å². The van der Waals surface area contributed by atoms with Crippen LogP contribution in [0.4, 0.5) is 0 Å². The summed E-state index contributed by atoms with van der Waals surface area (Å²) in [6.45, 7) is 18.0. The summed E-state index contributed by atoms with van der Waals surface area (Å²) < 4.78 is 0. The molecule has 0 saturated heterocycles. The Morgan fingerprint density at radius 2 is 1.71 bits per heavy atom. The molecule has 0 aromatic rings. The molecule has 0 aliphatic heterocycles. The molecule has 0 aliphatic rings. The first-order valence-electron chi connectivity index (χ1n) is 6.85. The van der Waals surface area contributed by atoms with E-state index in [-0.39, 0.29) is 6.61 Å². The monoisotopic (exact) mass is 243 g/mol. The number of nitrogens with one attached hydrogen (secondary N) is 1. The molecule has 0 radical (unpaired) electrons. The highest BCUT2D eigenvalue weighted by atomic mass is 16.3. The standard InChI is InChI=1S/C12H25NO.C3H8/c1-6-11(9-12(3,4)5)10(2)13-7-8-14;1-3-2/h11,13-14H,2,6-9H2,1,3-5H3;3H2,1-2H3. The lowest BCUT2D eigenvalue weighted by Gasteiger charge is -2.27. The first kappa shape index (κ1) is 18.9. The molecule has 104 valence electrons. The molecule has 2 N–H and O–H groups in total. The molecule has 0 spiro atoms. The molecule has 0 aliphatic carbocycles. The number of allylic oxidation sites excluding steroid dienone is 1. The van der Waals surface area contributed by atoms with Crippen LogP contribution in [0, 0.1) is 11.3 Å². The van der Waals surface area contributed by atoms with Crippen LogP contribution >= 0.6 is 0 Å². The largest absolute Gasteiger partial charge is 0.395 e. The van der Waals surface area contributed by atoms with Crippen molar-refractivity contribution in [1.29, 1.82) is 0 Å². The first-order chi connectivity index (χ1) is 7.82. The third-order valence-corrected chi connectivity index (χ3v) is 2.31. The minimum absolute atomic E-state index is 0.172. The maximum Gasteiger partial charge on any atom is 0.0603 e. The Bertz CT molecular complexity index is 182. The molecular formula is C15H33NO. The van der Waals surface area contributed by atoms with Crippen LogP contribution in [0.5, 0.6) is 0 Å². The summed E-state index contributed by atoms with van der Waals surface area (Å²) in [7, 11) is 0. The van der Waals surface area contributed by atoms with E-state index in [0.29, 0.717) is 17.9 Å². The van der Waals surface area contributed by atoms with Crippen LogP contribution in [0.25, 0.3) is 0 Å². The van der Waals surface area contributed by atoms with Gasteiger partial charge in [0, 0.05) is 12.2 Å². The molecule has 17 heavy (non-hydrogen) atoms. The second-order valence-electron chi connectivity index (χ2n) is 5.75. The van der Waals surface area contributed by atoms with Gasteiger partial charge < -0.3 is 10.4 Å². The van der Waals surface area contributed by atoms with Gasteiger partial charge in [0.05, 0.1) is 6.61 Å². The van der Waals surface area contributed by atoms with Crippen molar-refractivity contribution in [2.45, 2.75) is 60.8 Å². The third kappa shape index (κ3) is 13.4. The Labute approximate surface area is 109 Å². The van der Waals surface area contributed by atoms with E-state index in [1.54, 1.807) is 0 Å². The van der Waals surface area contributed by atoms with Gasteiger partial charge in [-0.05, 0) is 24.2 Å². The van der Waals surface area contributed by atoms with Crippen molar-refractivity contribution < 1.29 is 5.11 Å². The molecule has 0 saturated carbocycles. The molecule has 1 atom stereocenters. The third-order valence-electron chi connectivity index (χ3n) is 2.31. The van der Waals surface area contributed by atoms with Crippen LogP contribution < -0.4 is 5.32 Å². The summed E-state index contributed by atoms with van der Waals surface area (Å²) in [5.41, 5.74) is 1.40. The van der Waals surface area contributed by atoms with Crippen molar-refractivity contribution in [3.63, 3.8) is 0 Å². The summed E-state index contributed by atoms with van der Waals surface area (Å²) in [6, 6.07) is 0. The Morgan fingerprint density at radius 1 is 1.24 bits per heavy atom. The highest BCUT2D eigenvalue weighted by Crippen LogP contribution is 2.29. The van der Waals surface area contributed by atoms with Crippen molar-refractivity contribution in [1.82, 2.24) is 5.32 Å². The fourth-order valence-electron chi connectivity index (χ4n) is 1.61. The molecule has 0 rings (SSSR count). The average Bonchev–Trinajstić information content (AvgIpc) is 2.22.